The lowest BCUT2D eigenvalue weighted by molar-refractivity contribution is -0.109. The van der Waals surface area contributed by atoms with Crippen molar-refractivity contribution in [2.24, 2.45) is 0 Å². The highest BCUT2D eigenvalue weighted by Crippen LogP contribution is 2.22. The summed E-state index contributed by atoms with van der Waals surface area (Å²) in [5.74, 6) is 5.21. The van der Waals surface area contributed by atoms with Crippen LogP contribution in [-0.2, 0) is 31.2 Å². The molecule has 0 aliphatic rings. The quantitative estimate of drug-likeness (QED) is 0.0863. The van der Waals surface area contributed by atoms with Crippen LogP contribution < -0.4 is 0 Å². The molecular weight excluding hydrogens is 709 g/mol. The van der Waals surface area contributed by atoms with Crippen LogP contribution in [0.4, 0.5) is 0 Å². The first-order valence-corrected chi connectivity index (χ1v) is 25.0. The van der Waals surface area contributed by atoms with Crippen LogP contribution in [0.1, 0.15) is 0 Å². The van der Waals surface area contributed by atoms with Crippen molar-refractivity contribution in [3.63, 3.8) is 0 Å². The second-order valence-corrected chi connectivity index (χ2v) is 22.5. The van der Waals surface area contributed by atoms with Gasteiger partial charge in [0.1, 0.15) is 0 Å². The molecule has 220 valence electrons. The van der Waals surface area contributed by atoms with Crippen LogP contribution in [0.25, 0.3) is 0 Å². The van der Waals surface area contributed by atoms with E-state index < -0.39 is 21.6 Å². The second kappa shape index (κ2) is 32.0. The van der Waals surface area contributed by atoms with Gasteiger partial charge in [0.15, 0.2) is 10.2 Å². The maximum atomic E-state index is 12.1. The zero-order chi connectivity index (χ0) is 27.4. The Morgan fingerprint density at radius 3 is 1.49 bits per heavy atom. The fourth-order valence-corrected chi connectivity index (χ4v) is 15.8. The second-order valence-electron chi connectivity index (χ2n) is 6.33. The number of hydrogen-bond donors (Lipinski definition) is 2. The lowest BCUT2D eigenvalue weighted by Crippen LogP contribution is -2.04. The van der Waals surface area contributed by atoms with E-state index in [1.165, 1.54) is 35.3 Å². The summed E-state index contributed by atoms with van der Waals surface area (Å²) in [6.07, 6.45) is 0. The number of thioether (sulfide) groups is 10. The Kier molecular flexibility index (Phi) is 34.6. The van der Waals surface area contributed by atoms with Gasteiger partial charge in [-0.15, -0.1) is 70.6 Å². The molecular formula is C19H36O6S12. The van der Waals surface area contributed by atoms with E-state index in [1.807, 2.05) is 0 Å². The van der Waals surface area contributed by atoms with E-state index in [2.05, 4.69) is 0 Å². The SMILES string of the molecule is O=C(CSCSCCS(=O)CSCSCSC(=O)CSCSCCS(=O)CSCCO)SCSCCO. The van der Waals surface area contributed by atoms with Crippen molar-refractivity contribution in [2.75, 3.05) is 94.8 Å². The van der Waals surface area contributed by atoms with Gasteiger partial charge in [-0.25, -0.2) is 0 Å². The molecule has 0 amide bonds. The van der Waals surface area contributed by atoms with Gasteiger partial charge in [-0.3, -0.25) is 18.0 Å². The average Bonchev–Trinajstić information content (AvgIpc) is 2.88. The number of aliphatic hydroxyl groups excluding tert-OH is 2. The van der Waals surface area contributed by atoms with Crippen LogP contribution in [0.5, 0.6) is 0 Å². The first-order chi connectivity index (χ1) is 18.0. The maximum Gasteiger partial charge on any atom is 0.199 e. The van der Waals surface area contributed by atoms with Gasteiger partial charge >= 0.3 is 0 Å². The van der Waals surface area contributed by atoms with Crippen LogP contribution in [0, 0.1) is 0 Å². The van der Waals surface area contributed by atoms with Gasteiger partial charge in [-0.05, 0) is 0 Å². The molecule has 0 bridgehead atoms. The summed E-state index contributed by atoms with van der Waals surface area (Å²) in [5, 5.41) is 22.8. The van der Waals surface area contributed by atoms with Gasteiger partial charge in [-0.1, -0.05) is 23.5 Å². The third-order valence-corrected chi connectivity index (χ3v) is 19.1. The van der Waals surface area contributed by atoms with Crippen molar-refractivity contribution < 1.29 is 28.2 Å². The summed E-state index contributed by atoms with van der Waals surface area (Å²) in [5.41, 5.74) is 0. The summed E-state index contributed by atoms with van der Waals surface area (Å²) < 4.78 is 23.8. The summed E-state index contributed by atoms with van der Waals surface area (Å²) in [6.45, 7) is 0.266. The van der Waals surface area contributed by atoms with Crippen molar-refractivity contribution in [1.82, 2.24) is 0 Å². The molecule has 0 spiro atoms. The molecule has 37 heavy (non-hydrogen) atoms. The van der Waals surface area contributed by atoms with E-state index in [0.717, 1.165) is 26.8 Å². The minimum atomic E-state index is -0.852. The molecule has 0 heterocycles. The molecule has 0 saturated carbocycles. The Hall–Kier alpha value is 3.06. The van der Waals surface area contributed by atoms with Crippen molar-refractivity contribution in [3.8, 4) is 0 Å². The van der Waals surface area contributed by atoms with E-state index >= 15 is 0 Å². The molecule has 0 aliphatic carbocycles. The lowest BCUT2D eigenvalue weighted by atomic mass is 10.9. The molecule has 0 fully saturated rings. The van der Waals surface area contributed by atoms with E-state index in [4.69, 9.17) is 10.2 Å². The largest absolute Gasteiger partial charge is 0.396 e. The van der Waals surface area contributed by atoms with Gasteiger partial charge in [-0.2, -0.15) is 23.5 Å². The van der Waals surface area contributed by atoms with Gasteiger partial charge in [0.25, 0.3) is 0 Å². The highest BCUT2D eigenvalue weighted by Gasteiger charge is 2.06. The Labute approximate surface area is 269 Å². The summed E-state index contributed by atoms with van der Waals surface area (Å²) in [6, 6.07) is 0. The Morgan fingerprint density at radius 1 is 0.514 bits per heavy atom. The Bertz CT molecular complexity index is 616. The summed E-state index contributed by atoms with van der Waals surface area (Å²) in [4.78, 5) is 23.6. The average molecular weight is 745 g/mol. The molecule has 0 saturated heterocycles. The molecule has 0 rings (SSSR count). The Balaban J connectivity index is 3.40. The predicted molar refractivity (Wildman–Crippen MR) is 189 cm³/mol. The maximum absolute atomic E-state index is 12.1. The van der Waals surface area contributed by atoms with Gasteiger partial charge in [0, 0.05) is 81.5 Å². The highest BCUT2D eigenvalue weighted by molar-refractivity contribution is 8.29. The Morgan fingerprint density at radius 2 is 0.946 bits per heavy atom. The van der Waals surface area contributed by atoms with E-state index in [0.29, 0.717) is 54.9 Å². The van der Waals surface area contributed by atoms with Crippen LogP contribution in [-0.4, -0.2) is 124 Å². The summed E-state index contributed by atoms with van der Waals surface area (Å²) >= 11 is 15.6. The smallest absolute Gasteiger partial charge is 0.199 e. The van der Waals surface area contributed by atoms with Crippen LogP contribution in [0.2, 0.25) is 0 Å². The molecule has 0 aromatic heterocycles. The normalized spacial score (nSPS) is 13.0. The zero-order valence-corrected chi connectivity index (χ0v) is 30.2. The molecule has 2 unspecified atom stereocenters. The van der Waals surface area contributed by atoms with Crippen LogP contribution in [0.15, 0.2) is 0 Å². The third kappa shape index (κ3) is 31.8. The monoisotopic (exact) mass is 744 g/mol. The number of hydrogen-bond acceptors (Lipinski definition) is 16. The fourth-order valence-electron chi connectivity index (χ4n) is 1.77. The number of carbonyl (C=O) groups is 2. The minimum absolute atomic E-state index is 0.122. The third-order valence-electron chi connectivity index (χ3n) is 3.36. The van der Waals surface area contributed by atoms with E-state index in [1.54, 1.807) is 82.3 Å². The lowest BCUT2D eigenvalue weighted by Gasteiger charge is -2.04. The molecule has 18 heteroatoms. The van der Waals surface area contributed by atoms with Crippen molar-refractivity contribution in [3.05, 3.63) is 0 Å². The summed E-state index contributed by atoms with van der Waals surface area (Å²) in [7, 11) is -1.70. The van der Waals surface area contributed by atoms with Crippen LogP contribution in [0.3, 0.4) is 0 Å². The van der Waals surface area contributed by atoms with Crippen molar-refractivity contribution in [2.45, 2.75) is 0 Å². The van der Waals surface area contributed by atoms with Crippen LogP contribution >= 0.6 is 118 Å². The molecule has 2 atom stereocenters. The van der Waals surface area contributed by atoms with Crippen molar-refractivity contribution in [1.29, 1.82) is 0 Å². The topological polar surface area (TPSA) is 109 Å². The zero-order valence-electron chi connectivity index (χ0n) is 20.4. The van der Waals surface area contributed by atoms with Gasteiger partial charge in [0.2, 0.25) is 0 Å². The van der Waals surface area contributed by atoms with E-state index in [-0.39, 0.29) is 23.4 Å². The molecule has 0 aromatic carbocycles. The van der Waals surface area contributed by atoms with E-state index in [9.17, 15) is 18.0 Å². The number of aliphatic hydroxyl groups is 2. The number of carbonyl (C=O) groups excluding carboxylic acids is 2. The standard InChI is InChI=1S/C19H36O6S12/c20-1-3-26-14-34-18(22)9-30-12-28-6-8-37(25)17-33-13-32-15-35-19(23)10-31-11-27-5-7-36(24)16-29-4-2-21/h20-21H,1-17H2. The first-order valence-electron chi connectivity index (χ1n) is 10.8. The number of rotatable bonds is 28. The van der Waals surface area contributed by atoms with Gasteiger partial charge in [0.05, 0.1) is 34.9 Å². The molecule has 0 aromatic rings. The van der Waals surface area contributed by atoms with Gasteiger partial charge < -0.3 is 10.2 Å². The minimum Gasteiger partial charge on any atom is -0.396 e. The fraction of sp³-hybridized carbons (Fsp3) is 0.895. The van der Waals surface area contributed by atoms with Crippen molar-refractivity contribution >= 4 is 149 Å². The molecule has 0 radical (unpaired) electrons. The first kappa shape index (κ1) is 40.1. The molecule has 0 aliphatic heterocycles. The molecule has 2 N–H and O–H groups in total. The highest BCUT2D eigenvalue weighted by atomic mass is 32.3. The molecule has 6 nitrogen and oxygen atoms in total. The predicted octanol–water partition coefficient (Wildman–Crippen LogP) is 4.56.